The minimum Gasteiger partial charge on any atom is -0.355 e. The summed E-state index contributed by atoms with van der Waals surface area (Å²) in [6, 6.07) is 10.2. The normalized spacial score (nSPS) is 18.9. The van der Waals surface area contributed by atoms with Gasteiger partial charge in [0, 0.05) is 32.1 Å². The zero-order valence-electron chi connectivity index (χ0n) is 15.4. The lowest BCUT2D eigenvalue weighted by molar-refractivity contribution is -0.140. The Morgan fingerprint density at radius 2 is 2.00 bits per heavy atom. The number of piperidine rings is 1. The van der Waals surface area contributed by atoms with Crippen LogP contribution in [0.4, 0.5) is 0 Å². The van der Waals surface area contributed by atoms with Crippen molar-refractivity contribution >= 4 is 11.8 Å². The van der Waals surface area contributed by atoms with E-state index < -0.39 is 0 Å². The van der Waals surface area contributed by atoms with Gasteiger partial charge in [-0.15, -0.1) is 0 Å². The van der Waals surface area contributed by atoms with Gasteiger partial charge in [-0.1, -0.05) is 44.2 Å². The summed E-state index contributed by atoms with van der Waals surface area (Å²) in [5.41, 5.74) is 6.63. The number of amides is 2. The van der Waals surface area contributed by atoms with Crippen molar-refractivity contribution in [3.8, 4) is 0 Å². The molecule has 0 aromatic heterocycles. The number of rotatable bonds is 7. The zero-order chi connectivity index (χ0) is 18.2. The predicted octanol–water partition coefficient (Wildman–Crippen LogP) is 1.81. The van der Waals surface area contributed by atoms with E-state index in [-0.39, 0.29) is 29.6 Å². The molecule has 0 saturated carbocycles. The molecule has 1 aliphatic heterocycles. The Kier molecular flexibility index (Phi) is 7.44. The van der Waals surface area contributed by atoms with Crippen LogP contribution in [-0.4, -0.2) is 42.9 Å². The maximum absolute atomic E-state index is 13.1. The van der Waals surface area contributed by atoms with E-state index in [1.54, 1.807) is 0 Å². The van der Waals surface area contributed by atoms with E-state index in [2.05, 4.69) is 31.3 Å². The molecule has 138 valence electrons. The smallest absolute Gasteiger partial charge is 0.226 e. The maximum atomic E-state index is 13.1. The molecule has 2 amide bonds. The molecule has 1 aromatic rings. The first-order valence-corrected chi connectivity index (χ1v) is 9.33. The summed E-state index contributed by atoms with van der Waals surface area (Å²) in [4.78, 5) is 27.2. The number of carbonyl (C=O) groups excluding carboxylic acids is 2. The Hall–Kier alpha value is -1.88. The van der Waals surface area contributed by atoms with Crippen molar-refractivity contribution < 1.29 is 9.59 Å². The molecule has 2 atom stereocenters. The van der Waals surface area contributed by atoms with Crippen LogP contribution < -0.4 is 11.1 Å². The Morgan fingerprint density at radius 3 is 2.64 bits per heavy atom. The summed E-state index contributed by atoms with van der Waals surface area (Å²) in [6.07, 6.45) is 2.46. The van der Waals surface area contributed by atoms with Gasteiger partial charge in [0.25, 0.3) is 0 Å². The molecule has 3 N–H and O–H groups in total. The third kappa shape index (κ3) is 5.56. The minimum absolute atomic E-state index is 0.0205. The van der Waals surface area contributed by atoms with Crippen molar-refractivity contribution in [2.75, 3.05) is 26.2 Å². The fourth-order valence-electron chi connectivity index (χ4n) is 3.44. The topological polar surface area (TPSA) is 75.4 Å². The third-order valence-corrected chi connectivity index (χ3v) is 4.97. The van der Waals surface area contributed by atoms with Gasteiger partial charge < -0.3 is 16.0 Å². The summed E-state index contributed by atoms with van der Waals surface area (Å²) >= 11 is 0. The van der Waals surface area contributed by atoms with Gasteiger partial charge in [-0.05, 0) is 30.7 Å². The average molecular weight is 345 g/mol. The molecule has 1 aliphatic rings. The second-order valence-corrected chi connectivity index (χ2v) is 7.24. The van der Waals surface area contributed by atoms with Crippen molar-refractivity contribution in [3.63, 3.8) is 0 Å². The molecule has 0 bridgehead atoms. The van der Waals surface area contributed by atoms with Crippen molar-refractivity contribution in [1.82, 2.24) is 10.2 Å². The number of carbonyl (C=O) groups is 2. The predicted molar refractivity (Wildman–Crippen MR) is 99.8 cm³/mol. The van der Waals surface area contributed by atoms with Crippen LogP contribution in [0.1, 0.15) is 32.3 Å². The first kappa shape index (κ1) is 19.4. The summed E-state index contributed by atoms with van der Waals surface area (Å²) in [5.74, 6) is 0.295. The lowest BCUT2D eigenvalue weighted by Gasteiger charge is -2.35. The summed E-state index contributed by atoms with van der Waals surface area (Å²) in [6.45, 7) is 6.39. The molecule has 1 fully saturated rings. The van der Waals surface area contributed by atoms with Gasteiger partial charge in [0.1, 0.15) is 0 Å². The minimum atomic E-state index is -0.117. The standard InChI is InChI=1S/C20H31N3O2/c1-15(2)18(13-16-7-4-3-5-8-16)20(25)23-12-6-9-17(14-23)19(24)22-11-10-21/h3-5,7-8,15,17-18H,6,9-14,21H2,1-2H3,(H,22,24). The Morgan fingerprint density at radius 1 is 1.28 bits per heavy atom. The Labute approximate surface area is 151 Å². The van der Waals surface area contributed by atoms with E-state index in [9.17, 15) is 9.59 Å². The lowest BCUT2D eigenvalue weighted by Crippen LogP contribution is -2.48. The number of hydrogen-bond donors (Lipinski definition) is 2. The molecule has 1 saturated heterocycles. The van der Waals surface area contributed by atoms with Crippen molar-refractivity contribution in [2.45, 2.75) is 33.1 Å². The van der Waals surface area contributed by atoms with E-state index in [1.165, 1.54) is 5.56 Å². The monoisotopic (exact) mass is 345 g/mol. The molecule has 0 radical (unpaired) electrons. The Balaban J connectivity index is 2.01. The first-order valence-electron chi connectivity index (χ1n) is 9.33. The Bertz CT molecular complexity index is 559. The van der Waals surface area contributed by atoms with Crippen molar-refractivity contribution in [1.29, 1.82) is 0 Å². The number of likely N-dealkylation sites (tertiary alicyclic amines) is 1. The van der Waals surface area contributed by atoms with E-state index in [0.29, 0.717) is 19.6 Å². The summed E-state index contributed by atoms with van der Waals surface area (Å²) < 4.78 is 0. The van der Waals surface area contributed by atoms with Crippen LogP contribution in [0.5, 0.6) is 0 Å². The summed E-state index contributed by atoms with van der Waals surface area (Å²) in [5, 5.41) is 2.85. The molecule has 0 aliphatic carbocycles. The van der Waals surface area contributed by atoms with E-state index in [1.807, 2.05) is 23.1 Å². The number of nitrogens with zero attached hydrogens (tertiary/aromatic N) is 1. The van der Waals surface area contributed by atoms with Gasteiger partial charge >= 0.3 is 0 Å². The summed E-state index contributed by atoms with van der Waals surface area (Å²) in [7, 11) is 0. The molecule has 1 heterocycles. The van der Waals surface area contributed by atoms with Crippen LogP contribution in [0.3, 0.4) is 0 Å². The second kappa shape index (κ2) is 9.56. The molecule has 5 nitrogen and oxygen atoms in total. The molecule has 2 unspecified atom stereocenters. The van der Waals surface area contributed by atoms with E-state index in [4.69, 9.17) is 5.73 Å². The number of benzene rings is 1. The molecule has 25 heavy (non-hydrogen) atoms. The van der Waals surface area contributed by atoms with Crippen LogP contribution in [0.2, 0.25) is 0 Å². The third-order valence-electron chi connectivity index (χ3n) is 4.97. The van der Waals surface area contributed by atoms with Crippen LogP contribution in [0.25, 0.3) is 0 Å². The van der Waals surface area contributed by atoms with E-state index in [0.717, 1.165) is 25.8 Å². The van der Waals surface area contributed by atoms with Gasteiger partial charge in [0.05, 0.1) is 5.92 Å². The average Bonchev–Trinajstić information content (AvgIpc) is 2.64. The van der Waals surface area contributed by atoms with Crippen LogP contribution in [-0.2, 0) is 16.0 Å². The van der Waals surface area contributed by atoms with Gasteiger partial charge in [0.2, 0.25) is 11.8 Å². The highest BCUT2D eigenvalue weighted by atomic mass is 16.2. The fraction of sp³-hybridized carbons (Fsp3) is 0.600. The highest BCUT2D eigenvalue weighted by molar-refractivity contribution is 5.82. The van der Waals surface area contributed by atoms with Crippen molar-refractivity contribution in [2.24, 2.45) is 23.5 Å². The van der Waals surface area contributed by atoms with Crippen LogP contribution in [0.15, 0.2) is 30.3 Å². The molecular formula is C20H31N3O2. The molecule has 0 spiro atoms. The highest BCUT2D eigenvalue weighted by Crippen LogP contribution is 2.24. The van der Waals surface area contributed by atoms with Gasteiger partial charge in [-0.2, -0.15) is 0 Å². The SMILES string of the molecule is CC(C)C(Cc1ccccc1)C(=O)N1CCCC(C(=O)NCCN)C1. The quantitative estimate of drug-likeness (QED) is 0.791. The van der Waals surface area contributed by atoms with Gasteiger partial charge in [-0.25, -0.2) is 0 Å². The number of hydrogen-bond acceptors (Lipinski definition) is 3. The number of nitrogens with two attached hydrogens (primary N) is 1. The van der Waals surface area contributed by atoms with Crippen LogP contribution in [0, 0.1) is 17.8 Å². The zero-order valence-corrected chi connectivity index (χ0v) is 15.4. The number of nitrogens with one attached hydrogen (secondary N) is 1. The van der Waals surface area contributed by atoms with Gasteiger partial charge in [0.15, 0.2) is 0 Å². The van der Waals surface area contributed by atoms with Crippen molar-refractivity contribution in [3.05, 3.63) is 35.9 Å². The molecule has 2 rings (SSSR count). The first-order chi connectivity index (χ1) is 12.0. The molecule has 5 heteroatoms. The van der Waals surface area contributed by atoms with Gasteiger partial charge in [-0.3, -0.25) is 9.59 Å². The molecule has 1 aromatic carbocycles. The maximum Gasteiger partial charge on any atom is 0.226 e. The van der Waals surface area contributed by atoms with Crippen LogP contribution >= 0.6 is 0 Å². The second-order valence-electron chi connectivity index (χ2n) is 7.24. The highest BCUT2D eigenvalue weighted by Gasteiger charge is 2.32. The lowest BCUT2D eigenvalue weighted by atomic mass is 9.86. The fourth-order valence-corrected chi connectivity index (χ4v) is 3.44. The largest absolute Gasteiger partial charge is 0.355 e. The molecular weight excluding hydrogens is 314 g/mol. The van der Waals surface area contributed by atoms with E-state index >= 15 is 0 Å².